The maximum absolute atomic E-state index is 10.9. The Balaban J connectivity index is 2.13. The number of hydrogen-bond acceptors (Lipinski definition) is 2. The molecule has 0 aromatic heterocycles. The van der Waals surface area contributed by atoms with Crippen LogP contribution >= 0.6 is 11.6 Å². The van der Waals surface area contributed by atoms with Crippen LogP contribution in [0.5, 0.6) is 0 Å². The van der Waals surface area contributed by atoms with Crippen LogP contribution in [-0.2, 0) is 4.79 Å². The molecule has 0 amide bonds. The zero-order valence-electron chi connectivity index (χ0n) is 10.5. The SMILES string of the molecule is CC1(CC(=O)O)CCCN(c2cccc(Cl)c2)C1. The summed E-state index contributed by atoms with van der Waals surface area (Å²) in [6, 6.07) is 7.75. The number of carboxylic acids is 1. The van der Waals surface area contributed by atoms with Crippen molar-refractivity contribution in [1.82, 2.24) is 0 Å². The highest BCUT2D eigenvalue weighted by Crippen LogP contribution is 2.35. The van der Waals surface area contributed by atoms with Crippen molar-refractivity contribution in [3.8, 4) is 0 Å². The molecule has 3 nitrogen and oxygen atoms in total. The first kappa shape index (κ1) is 13.2. The normalized spacial score (nSPS) is 24.0. The van der Waals surface area contributed by atoms with Gasteiger partial charge in [0.25, 0.3) is 0 Å². The lowest BCUT2D eigenvalue weighted by Crippen LogP contribution is -2.42. The molecular weight excluding hydrogens is 250 g/mol. The number of anilines is 1. The van der Waals surface area contributed by atoms with Crippen LogP contribution in [0.15, 0.2) is 24.3 Å². The lowest BCUT2D eigenvalue weighted by atomic mass is 9.79. The van der Waals surface area contributed by atoms with Crippen molar-refractivity contribution in [2.75, 3.05) is 18.0 Å². The van der Waals surface area contributed by atoms with E-state index in [1.165, 1.54) is 0 Å². The van der Waals surface area contributed by atoms with Crippen molar-refractivity contribution >= 4 is 23.3 Å². The van der Waals surface area contributed by atoms with E-state index in [1.807, 2.05) is 24.3 Å². The average molecular weight is 268 g/mol. The Morgan fingerprint density at radius 2 is 2.33 bits per heavy atom. The van der Waals surface area contributed by atoms with Gasteiger partial charge in [-0.2, -0.15) is 0 Å². The summed E-state index contributed by atoms with van der Waals surface area (Å²) in [5, 5.41) is 9.71. The molecule has 1 heterocycles. The predicted molar refractivity (Wildman–Crippen MR) is 73.3 cm³/mol. The molecule has 1 aromatic rings. The third-order valence-corrected chi connectivity index (χ3v) is 3.77. The van der Waals surface area contributed by atoms with E-state index in [0.717, 1.165) is 36.6 Å². The summed E-state index contributed by atoms with van der Waals surface area (Å²) in [7, 11) is 0. The van der Waals surface area contributed by atoms with Gasteiger partial charge in [0.1, 0.15) is 0 Å². The second-order valence-electron chi connectivity index (χ2n) is 5.39. The van der Waals surface area contributed by atoms with Crippen LogP contribution in [0.1, 0.15) is 26.2 Å². The molecule has 0 bridgehead atoms. The van der Waals surface area contributed by atoms with E-state index in [2.05, 4.69) is 11.8 Å². The van der Waals surface area contributed by atoms with E-state index in [9.17, 15) is 4.79 Å². The van der Waals surface area contributed by atoms with Crippen LogP contribution in [0, 0.1) is 5.41 Å². The molecule has 0 radical (unpaired) electrons. The third kappa shape index (κ3) is 3.16. The molecule has 1 saturated heterocycles. The maximum Gasteiger partial charge on any atom is 0.303 e. The molecule has 1 aliphatic heterocycles. The standard InChI is InChI=1S/C14H18ClNO2/c1-14(9-13(17)18)6-3-7-16(10-14)12-5-2-4-11(15)8-12/h2,4-5,8H,3,6-7,9-10H2,1H3,(H,17,18). The minimum atomic E-state index is -0.717. The van der Waals surface area contributed by atoms with Crippen molar-refractivity contribution in [2.45, 2.75) is 26.2 Å². The molecule has 98 valence electrons. The van der Waals surface area contributed by atoms with Gasteiger partial charge in [0.2, 0.25) is 0 Å². The lowest BCUT2D eigenvalue weighted by Gasteiger charge is -2.41. The van der Waals surface area contributed by atoms with Gasteiger partial charge in [-0.3, -0.25) is 4.79 Å². The fourth-order valence-electron chi connectivity index (χ4n) is 2.72. The van der Waals surface area contributed by atoms with E-state index in [-0.39, 0.29) is 11.8 Å². The Bertz CT molecular complexity index is 449. The minimum Gasteiger partial charge on any atom is -0.481 e. The predicted octanol–water partition coefficient (Wildman–Crippen LogP) is 3.42. The molecule has 1 atom stereocenters. The minimum absolute atomic E-state index is 0.146. The van der Waals surface area contributed by atoms with E-state index >= 15 is 0 Å². The van der Waals surface area contributed by atoms with Crippen molar-refractivity contribution in [2.24, 2.45) is 5.41 Å². The number of benzene rings is 1. The molecule has 0 spiro atoms. The Morgan fingerprint density at radius 3 is 3.00 bits per heavy atom. The van der Waals surface area contributed by atoms with E-state index in [4.69, 9.17) is 16.7 Å². The number of carboxylic acid groups (broad SMARTS) is 1. The molecule has 1 N–H and O–H groups in total. The Hall–Kier alpha value is -1.22. The highest BCUT2D eigenvalue weighted by atomic mass is 35.5. The first-order chi connectivity index (χ1) is 8.48. The van der Waals surface area contributed by atoms with E-state index < -0.39 is 5.97 Å². The highest BCUT2D eigenvalue weighted by Gasteiger charge is 2.33. The van der Waals surface area contributed by atoms with Gasteiger partial charge < -0.3 is 10.0 Å². The molecule has 1 unspecified atom stereocenters. The average Bonchev–Trinajstić information content (AvgIpc) is 2.27. The fourth-order valence-corrected chi connectivity index (χ4v) is 2.90. The maximum atomic E-state index is 10.9. The van der Waals surface area contributed by atoms with Crippen LogP contribution in [0.3, 0.4) is 0 Å². The molecule has 0 aliphatic carbocycles. The first-order valence-corrected chi connectivity index (χ1v) is 6.59. The summed E-state index contributed by atoms with van der Waals surface area (Å²) in [5.41, 5.74) is 0.936. The van der Waals surface area contributed by atoms with Crippen molar-refractivity contribution in [1.29, 1.82) is 0 Å². The summed E-state index contributed by atoms with van der Waals surface area (Å²) >= 11 is 6.00. The molecule has 4 heteroatoms. The number of halogens is 1. The molecule has 1 aliphatic rings. The largest absolute Gasteiger partial charge is 0.481 e. The first-order valence-electron chi connectivity index (χ1n) is 6.21. The summed E-state index contributed by atoms with van der Waals surface area (Å²) in [4.78, 5) is 13.2. The fraction of sp³-hybridized carbons (Fsp3) is 0.500. The summed E-state index contributed by atoms with van der Waals surface area (Å²) < 4.78 is 0. The molecular formula is C14H18ClNO2. The summed E-state index contributed by atoms with van der Waals surface area (Å²) in [6.07, 6.45) is 2.22. The Labute approximate surface area is 112 Å². The summed E-state index contributed by atoms with van der Waals surface area (Å²) in [6.45, 7) is 3.80. The van der Waals surface area contributed by atoms with Gasteiger partial charge >= 0.3 is 5.97 Å². The van der Waals surface area contributed by atoms with Crippen LogP contribution < -0.4 is 4.90 Å². The third-order valence-electron chi connectivity index (χ3n) is 3.53. The number of rotatable bonds is 3. The van der Waals surface area contributed by atoms with Gasteiger partial charge in [-0.1, -0.05) is 24.6 Å². The second kappa shape index (κ2) is 5.19. The lowest BCUT2D eigenvalue weighted by molar-refractivity contribution is -0.139. The highest BCUT2D eigenvalue weighted by molar-refractivity contribution is 6.30. The van der Waals surface area contributed by atoms with Gasteiger partial charge in [-0.05, 0) is 36.5 Å². The smallest absolute Gasteiger partial charge is 0.303 e. The van der Waals surface area contributed by atoms with Gasteiger partial charge in [0, 0.05) is 23.8 Å². The quantitative estimate of drug-likeness (QED) is 0.912. The van der Waals surface area contributed by atoms with Gasteiger partial charge in [-0.15, -0.1) is 0 Å². The molecule has 0 saturated carbocycles. The van der Waals surface area contributed by atoms with E-state index in [1.54, 1.807) is 0 Å². The van der Waals surface area contributed by atoms with Crippen LogP contribution in [-0.4, -0.2) is 24.2 Å². The molecule has 18 heavy (non-hydrogen) atoms. The zero-order chi connectivity index (χ0) is 13.2. The monoisotopic (exact) mass is 267 g/mol. The number of carbonyl (C=O) groups is 1. The van der Waals surface area contributed by atoms with Gasteiger partial charge in [0.05, 0.1) is 6.42 Å². The Morgan fingerprint density at radius 1 is 1.56 bits per heavy atom. The van der Waals surface area contributed by atoms with Crippen molar-refractivity contribution < 1.29 is 9.90 Å². The number of hydrogen-bond donors (Lipinski definition) is 1. The molecule has 2 rings (SSSR count). The van der Waals surface area contributed by atoms with Crippen LogP contribution in [0.25, 0.3) is 0 Å². The molecule has 1 aromatic carbocycles. The van der Waals surface area contributed by atoms with Crippen molar-refractivity contribution in [3.05, 3.63) is 29.3 Å². The molecule has 1 fully saturated rings. The zero-order valence-corrected chi connectivity index (χ0v) is 11.3. The number of piperidine rings is 1. The number of aliphatic carboxylic acids is 1. The van der Waals surface area contributed by atoms with E-state index in [0.29, 0.717) is 0 Å². The van der Waals surface area contributed by atoms with Gasteiger partial charge in [-0.25, -0.2) is 0 Å². The Kier molecular flexibility index (Phi) is 3.81. The summed E-state index contributed by atoms with van der Waals surface area (Å²) in [5.74, 6) is -0.717. The second-order valence-corrected chi connectivity index (χ2v) is 5.82. The number of nitrogens with zero attached hydrogens (tertiary/aromatic N) is 1. The topological polar surface area (TPSA) is 40.5 Å². The van der Waals surface area contributed by atoms with Gasteiger partial charge in [0.15, 0.2) is 0 Å². The van der Waals surface area contributed by atoms with Crippen LogP contribution in [0.2, 0.25) is 5.02 Å². The van der Waals surface area contributed by atoms with Crippen molar-refractivity contribution in [3.63, 3.8) is 0 Å². The van der Waals surface area contributed by atoms with Crippen LogP contribution in [0.4, 0.5) is 5.69 Å².